The Bertz CT molecular complexity index is 937. The number of esters is 1. The number of hydrogen-bond acceptors (Lipinski definition) is 8. The van der Waals surface area contributed by atoms with Gasteiger partial charge in [-0.15, -0.1) is 0 Å². The molecule has 3 aromatic rings. The van der Waals surface area contributed by atoms with E-state index < -0.39 is 12.1 Å². The summed E-state index contributed by atoms with van der Waals surface area (Å²) in [5.74, 6) is 1.86. The minimum absolute atomic E-state index is 0.0801. The molecule has 0 aliphatic carbocycles. The fourth-order valence-electron chi connectivity index (χ4n) is 2.53. The van der Waals surface area contributed by atoms with Crippen molar-refractivity contribution >= 4 is 5.97 Å². The van der Waals surface area contributed by atoms with Crippen LogP contribution in [0.3, 0.4) is 0 Å². The second-order valence-electron chi connectivity index (χ2n) is 5.71. The van der Waals surface area contributed by atoms with Crippen LogP contribution < -0.4 is 14.2 Å². The normalized spacial score (nSPS) is 15.2. The van der Waals surface area contributed by atoms with Crippen molar-refractivity contribution < 1.29 is 28.3 Å². The molecule has 0 saturated carbocycles. The molecule has 1 aliphatic rings. The Morgan fingerprint density at radius 2 is 1.93 bits per heavy atom. The molecule has 0 saturated heterocycles. The van der Waals surface area contributed by atoms with E-state index in [1.807, 2.05) is 18.2 Å². The van der Waals surface area contributed by atoms with Crippen molar-refractivity contribution in [3.63, 3.8) is 0 Å². The Labute approximate surface area is 154 Å². The van der Waals surface area contributed by atoms with Gasteiger partial charge in [0, 0.05) is 5.56 Å². The van der Waals surface area contributed by atoms with Crippen molar-refractivity contribution in [2.75, 3.05) is 13.7 Å². The number of carbonyl (C=O) groups excluding carboxylic acids is 1. The zero-order valence-corrected chi connectivity index (χ0v) is 14.5. The largest absolute Gasteiger partial charge is 0.497 e. The van der Waals surface area contributed by atoms with Gasteiger partial charge in [-0.1, -0.05) is 17.3 Å². The maximum absolute atomic E-state index is 12.2. The van der Waals surface area contributed by atoms with Crippen LogP contribution in [0.5, 0.6) is 17.2 Å². The second kappa shape index (κ2) is 7.36. The number of para-hydroxylation sites is 2. The van der Waals surface area contributed by atoms with Crippen LogP contribution in [0.25, 0.3) is 11.4 Å². The first-order chi connectivity index (χ1) is 13.2. The van der Waals surface area contributed by atoms with E-state index in [4.69, 9.17) is 23.5 Å². The van der Waals surface area contributed by atoms with Gasteiger partial charge >= 0.3 is 5.97 Å². The summed E-state index contributed by atoms with van der Waals surface area (Å²) in [6.45, 7) is -0.0692. The molecule has 1 aliphatic heterocycles. The van der Waals surface area contributed by atoms with Crippen LogP contribution in [0.1, 0.15) is 5.89 Å². The van der Waals surface area contributed by atoms with Crippen molar-refractivity contribution in [3.8, 4) is 28.6 Å². The smallest absolute Gasteiger partial charge is 0.351 e. The Morgan fingerprint density at radius 1 is 1.15 bits per heavy atom. The standard InChI is InChI=1S/C19H16N2O6/c1-23-13-8-6-12(7-9-13)18-20-17(27-21-18)11-25-19(22)16-10-24-14-4-2-3-5-15(14)26-16/h2-9,16H,10-11H2,1H3/t16-/m0/s1. The molecule has 0 bridgehead atoms. The third-order valence-electron chi connectivity index (χ3n) is 3.93. The fraction of sp³-hybridized carbons (Fsp3) is 0.211. The van der Waals surface area contributed by atoms with E-state index in [0.717, 1.165) is 11.3 Å². The molecule has 2 aromatic carbocycles. The van der Waals surface area contributed by atoms with Crippen LogP contribution in [0.15, 0.2) is 53.1 Å². The number of aromatic nitrogens is 2. The van der Waals surface area contributed by atoms with Crippen molar-refractivity contribution in [1.82, 2.24) is 10.1 Å². The molecular formula is C19H16N2O6. The van der Waals surface area contributed by atoms with Crippen LogP contribution in [0.4, 0.5) is 0 Å². The van der Waals surface area contributed by atoms with Gasteiger partial charge in [0.1, 0.15) is 12.4 Å². The van der Waals surface area contributed by atoms with Crippen molar-refractivity contribution in [3.05, 3.63) is 54.4 Å². The Morgan fingerprint density at radius 3 is 2.70 bits per heavy atom. The summed E-state index contributed by atoms with van der Waals surface area (Å²) in [4.78, 5) is 16.4. The molecule has 27 heavy (non-hydrogen) atoms. The Kier molecular flexibility index (Phi) is 4.61. The molecule has 138 valence electrons. The van der Waals surface area contributed by atoms with E-state index in [-0.39, 0.29) is 19.1 Å². The average Bonchev–Trinajstić information content (AvgIpc) is 3.21. The number of carbonyl (C=O) groups is 1. The second-order valence-corrected chi connectivity index (χ2v) is 5.71. The highest BCUT2D eigenvalue weighted by atomic mass is 16.6. The number of rotatable bonds is 5. The van der Waals surface area contributed by atoms with Crippen LogP contribution >= 0.6 is 0 Å². The summed E-state index contributed by atoms with van der Waals surface area (Å²) in [5, 5.41) is 3.89. The average molecular weight is 368 g/mol. The molecule has 1 atom stereocenters. The summed E-state index contributed by atoms with van der Waals surface area (Å²) in [7, 11) is 1.59. The molecule has 0 radical (unpaired) electrons. The molecule has 2 heterocycles. The van der Waals surface area contributed by atoms with E-state index in [2.05, 4.69) is 10.1 Å². The lowest BCUT2D eigenvalue weighted by Gasteiger charge is -2.24. The van der Waals surface area contributed by atoms with Gasteiger partial charge in [0.05, 0.1) is 7.11 Å². The minimum atomic E-state index is -0.844. The maximum atomic E-state index is 12.2. The Balaban J connectivity index is 1.35. The monoisotopic (exact) mass is 368 g/mol. The molecular weight excluding hydrogens is 352 g/mol. The van der Waals surface area contributed by atoms with Gasteiger partial charge in [-0.2, -0.15) is 4.98 Å². The highest BCUT2D eigenvalue weighted by Gasteiger charge is 2.29. The van der Waals surface area contributed by atoms with Gasteiger partial charge in [-0.3, -0.25) is 0 Å². The molecule has 0 spiro atoms. The number of fused-ring (bicyclic) bond motifs is 1. The molecule has 0 N–H and O–H groups in total. The summed E-state index contributed by atoms with van der Waals surface area (Å²) in [6, 6.07) is 14.3. The Hall–Kier alpha value is -3.55. The van der Waals surface area contributed by atoms with Gasteiger partial charge in [0.2, 0.25) is 11.9 Å². The van der Waals surface area contributed by atoms with Gasteiger partial charge in [0.25, 0.3) is 5.89 Å². The number of methoxy groups -OCH3 is 1. The van der Waals surface area contributed by atoms with E-state index in [1.54, 1.807) is 37.4 Å². The zero-order valence-electron chi connectivity index (χ0n) is 14.5. The highest BCUT2D eigenvalue weighted by molar-refractivity contribution is 5.76. The first-order valence-electron chi connectivity index (χ1n) is 8.25. The van der Waals surface area contributed by atoms with Crippen LogP contribution in [-0.2, 0) is 16.1 Å². The summed E-state index contributed by atoms with van der Waals surface area (Å²) in [5.41, 5.74) is 0.762. The molecule has 8 heteroatoms. The van der Waals surface area contributed by atoms with Crippen molar-refractivity contribution in [1.29, 1.82) is 0 Å². The topological polar surface area (TPSA) is 92.9 Å². The minimum Gasteiger partial charge on any atom is -0.497 e. The first-order valence-corrected chi connectivity index (χ1v) is 8.25. The van der Waals surface area contributed by atoms with E-state index in [9.17, 15) is 4.79 Å². The first kappa shape index (κ1) is 16.9. The SMILES string of the molecule is COc1ccc(-c2noc(COC(=O)[C@@H]3COc4ccccc4O3)n2)cc1. The molecule has 4 rings (SSSR count). The number of hydrogen-bond donors (Lipinski definition) is 0. The van der Waals surface area contributed by atoms with Crippen LogP contribution in [0.2, 0.25) is 0 Å². The highest BCUT2D eigenvalue weighted by Crippen LogP contribution is 2.31. The lowest BCUT2D eigenvalue weighted by Crippen LogP contribution is -2.37. The predicted octanol–water partition coefficient (Wildman–Crippen LogP) is 2.63. The fourth-order valence-corrected chi connectivity index (χ4v) is 2.53. The van der Waals surface area contributed by atoms with Gasteiger partial charge < -0.3 is 23.5 Å². The lowest BCUT2D eigenvalue weighted by atomic mass is 10.2. The van der Waals surface area contributed by atoms with Gasteiger partial charge in [-0.05, 0) is 36.4 Å². The molecule has 1 aromatic heterocycles. The summed E-state index contributed by atoms with van der Waals surface area (Å²) in [6.07, 6.45) is -0.844. The number of nitrogens with zero attached hydrogens (tertiary/aromatic N) is 2. The third kappa shape index (κ3) is 3.69. The molecule has 0 amide bonds. The van der Waals surface area contributed by atoms with E-state index in [1.165, 1.54) is 0 Å². The molecule has 0 fully saturated rings. The predicted molar refractivity (Wildman–Crippen MR) is 92.4 cm³/mol. The maximum Gasteiger partial charge on any atom is 0.351 e. The van der Waals surface area contributed by atoms with Gasteiger partial charge in [0.15, 0.2) is 18.1 Å². The van der Waals surface area contributed by atoms with Gasteiger partial charge in [-0.25, -0.2) is 4.79 Å². The summed E-state index contributed by atoms with van der Waals surface area (Å²) < 4.78 is 26.6. The van der Waals surface area contributed by atoms with Crippen LogP contribution in [0, 0.1) is 0 Å². The van der Waals surface area contributed by atoms with Crippen molar-refractivity contribution in [2.45, 2.75) is 12.7 Å². The summed E-state index contributed by atoms with van der Waals surface area (Å²) >= 11 is 0. The number of benzene rings is 2. The van der Waals surface area contributed by atoms with E-state index >= 15 is 0 Å². The zero-order chi connectivity index (χ0) is 18.6. The van der Waals surface area contributed by atoms with Crippen molar-refractivity contribution in [2.24, 2.45) is 0 Å². The van der Waals surface area contributed by atoms with E-state index in [0.29, 0.717) is 17.3 Å². The molecule has 8 nitrogen and oxygen atoms in total. The molecule has 0 unspecified atom stereocenters. The lowest BCUT2D eigenvalue weighted by molar-refractivity contribution is -0.156. The third-order valence-corrected chi connectivity index (χ3v) is 3.93. The number of ether oxygens (including phenoxy) is 4. The quantitative estimate of drug-likeness (QED) is 0.635. The van der Waals surface area contributed by atoms with Crippen LogP contribution in [-0.4, -0.2) is 35.9 Å².